The number of nitrogens with zero attached hydrogens (tertiary/aromatic N) is 2. The molecule has 0 spiro atoms. The predicted molar refractivity (Wildman–Crippen MR) is 99.5 cm³/mol. The molecule has 0 aliphatic rings. The Morgan fingerprint density at radius 1 is 1.23 bits per heavy atom. The summed E-state index contributed by atoms with van der Waals surface area (Å²) in [5.41, 5.74) is 2.33. The maximum Gasteiger partial charge on any atom is 0.339 e. The normalized spacial score (nSPS) is 11.1. The Labute approximate surface area is 155 Å². The number of hydrogen-bond donors (Lipinski definition) is 1. The molecule has 0 radical (unpaired) electrons. The standard InChI is InChI=1S/C20H18ClFN2O2/c1-12(2)10-17-18(20(25)26)19(13-6-4-3-5-7-13)24(23-17)14-8-9-16(22)15(21)11-14/h3-9,11-12H,10H2,1-2H3,(H,25,26). The van der Waals surface area contributed by atoms with Crippen molar-refractivity contribution in [3.05, 3.63) is 70.6 Å². The highest BCUT2D eigenvalue weighted by atomic mass is 35.5. The summed E-state index contributed by atoms with van der Waals surface area (Å²) < 4.78 is 15.1. The smallest absolute Gasteiger partial charge is 0.339 e. The molecule has 134 valence electrons. The van der Waals surface area contributed by atoms with E-state index in [4.69, 9.17) is 11.6 Å². The van der Waals surface area contributed by atoms with Gasteiger partial charge in [-0.2, -0.15) is 5.10 Å². The molecule has 3 aromatic rings. The first-order valence-electron chi connectivity index (χ1n) is 8.24. The van der Waals surface area contributed by atoms with Gasteiger partial charge in [0, 0.05) is 5.56 Å². The molecule has 0 saturated carbocycles. The van der Waals surface area contributed by atoms with Gasteiger partial charge in [0.2, 0.25) is 0 Å². The SMILES string of the molecule is CC(C)Cc1nn(-c2ccc(F)c(Cl)c2)c(-c2ccccc2)c1C(=O)O. The molecule has 0 unspecified atom stereocenters. The molecule has 6 heteroatoms. The van der Waals surface area contributed by atoms with Gasteiger partial charge in [0.15, 0.2) is 0 Å². The number of aromatic carboxylic acids is 1. The molecule has 0 atom stereocenters. The zero-order chi connectivity index (χ0) is 18.8. The summed E-state index contributed by atoms with van der Waals surface area (Å²) in [7, 11) is 0. The third-order valence-electron chi connectivity index (χ3n) is 3.97. The van der Waals surface area contributed by atoms with Gasteiger partial charge >= 0.3 is 5.97 Å². The maximum absolute atomic E-state index is 13.6. The first kappa shape index (κ1) is 18.1. The number of aromatic nitrogens is 2. The highest BCUT2D eigenvalue weighted by Gasteiger charge is 2.26. The van der Waals surface area contributed by atoms with E-state index in [1.165, 1.54) is 22.9 Å². The molecule has 0 aliphatic carbocycles. The topological polar surface area (TPSA) is 55.1 Å². The van der Waals surface area contributed by atoms with Gasteiger partial charge in [-0.1, -0.05) is 55.8 Å². The molecule has 1 aromatic heterocycles. The fourth-order valence-corrected chi connectivity index (χ4v) is 3.06. The molecule has 0 saturated heterocycles. The van der Waals surface area contributed by atoms with Crippen LogP contribution in [-0.2, 0) is 6.42 Å². The summed E-state index contributed by atoms with van der Waals surface area (Å²) >= 11 is 5.92. The van der Waals surface area contributed by atoms with E-state index in [1.54, 1.807) is 0 Å². The van der Waals surface area contributed by atoms with Gasteiger partial charge in [-0.25, -0.2) is 13.9 Å². The summed E-state index contributed by atoms with van der Waals surface area (Å²) in [6, 6.07) is 13.4. The van der Waals surface area contributed by atoms with E-state index < -0.39 is 11.8 Å². The van der Waals surface area contributed by atoms with Gasteiger partial charge in [0.05, 0.1) is 22.1 Å². The molecule has 0 fully saturated rings. The van der Waals surface area contributed by atoms with Crippen LogP contribution in [0.15, 0.2) is 48.5 Å². The van der Waals surface area contributed by atoms with Gasteiger partial charge < -0.3 is 5.11 Å². The lowest BCUT2D eigenvalue weighted by molar-refractivity contribution is 0.0696. The van der Waals surface area contributed by atoms with Crippen LogP contribution in [-0.4, -0.2) is 20.9 Å². The Kier molecular flexibility index (Phi) is 5.09. The van der Waals surface area contributed by atoms with Gasteiger partial charge in [0.1, 0.15) is 11.4 Å². The molecule has 26 heavy (non-hydrogen) atoms. The molecule has 0 aliphatic heterocycles. The van der Waals surface area contributed by atoms with Crippen LogP contribution in [0.3, 0.4) is 0 Å². The number of hydrogen-bond acceptors (Lipinski definition) is 2. The highest BCUT2D eigenvalue weighted by molar-refractivity contribution is 6.30. The third kappa shape index (κ3) is 3.48. The van der Waals surface area contributed by atoms with Crippen LogP contribution in [0.25, 0.3) is 16.9 Å². The summed E-state index contributed by atoms with van der Waals surface area (Å²) in [6.45, 7) is 4.00. The first-order valence-corrected chi connectivity index (χ1v) is 8.62. The molecule has 1 heterocycles. The predicted octanol–water partition coefficient (Wildman–Crippen LogP) is 5.23. The van der Waals surface area contributed by atoms with E-state index in [0.29, 0.717) is 29.1 Å². The van der Waals surface area contributed by atoms with Crippen molar-refractivity contribution in [2.24, 2.45) is 5.92 Å². The van der Waals surface area contributed by atoms with Crippen LogP contribution in [0, 0.1) is 11.7 Å². The molecule has 3 rings (SSSR count). The molecule has 1 N–H and O–H groups in total. The van der Waals surface area contributed by atoms with Gasteiger partial charge in [0.25, 0.3) is 0 Å². The zero-order valence-corrected chi connectivity index (χ0v) is 15.2. The van der Waals surface area contributed by atoms with E-state index >= 15 is 0 Å². The zero-order valence-electron chi connectivity index (χ0n) is 14.4. The molecule has 0 bridgehead atoms. The average molecular weight is 373 g/mol. The van der Waals surface area contributed by atoms with Gasteiger partial charge in [-0.3, -0.25) is 0 Å². The van der Waals surface area contributed by atoms with Crippen molar-refractivity contribution >= 4 is 17.6 Å². The first-order chi connectivity index (χ1) is 12.4. The second kappa shape index (κ2) is 7.30. The van der Waals surface area contributed by atoms with Crippen molar-refractivity contribution in [2.75, 3.05) is 0 Å². The van der Waals surface area contributed by atoms with Crippen molar-refractivity contribution in [2.45, 2.75) is 20.3 Å². The third-order valence-corrected chi connectivity index (χ3v) is 4.26. The van der Waals surface area contributed by atoms with Crippen molar-refractivity contribution in [1.82, 2.24) is 9.78 Å². The van der Waals surface area contributed by atoms with Crippen molar-refractivity contribution in [3.63, 3.8) is 0 Å². The van der Waals surface area contributed by atoms with E-state index in [2.05, 4.69) is 5.10 Å². The van der Waals surface area contributed by atoms with Gasteiger partial charge in [-0.15, -0.1) is 0 Å². The Morgan fingerprint density at radius 2 is 1.92 bits per heavy atom. The Bertz CT molecular complexity index is 952. The van der Waals surface area contributed by atoms with Crippen molar-refractivity contribution in [3.8, 4) is 16.9 Å². The molecule has 0 amide bonds. The number of carboxylic acids is 1. The van der Waals surface area contributed by atoms with Crippen LogP contribution in [0.2, 0.25) is 5.02 Å². The Balaban J connectivity index is 2.31. The van der Waals surface area contributed by atoms with Crippen LogP contribution in [0.5, 0.6) is 0 Å². The van der Waals surface area contributed by atoms with Crippen LogP contribution in [0.1, 0.15) is 29.9 Å². The van der Waals surface area contributed by atoms with E-state index in [-0.39, 0.29) is 16.5 Å². The van der Waals surface area contributed by atoms with Gasteiger partial charge in [-0.05, 0) is 30.5 Å². The van der Waals surface area contributed by atoms with Crippen LogP contribution in [0.4, 0.5) is 4.39 Å². The lowest BCUT2D eigenvalue weighted by atomic mass is 10.0. The van der Waals surface area contributed by atoms with Crippen LogP contribution >= 0.6 is 11.6 Å². The average Bonchev–Trinajstić information content (AvgIpc) is 2.96. The number of benzene rings is 2. The summed E-state index contributed by atoms with van der Waals surface area (Å²) in [5, 5.41) is 14.3. The molecule has 4 nitrogen and oxygen atoms in total. The van der Waals surface area contributed by atoms with Crippen molar-refractivity contribution < 1.29 is 14.3 Å². The summed E-state index contributed by atoms with van der Waals surface area (Å²) in [4.78, 5) is 12.0. The lowest BCUT2D eigenvalue weighted by Crippen LogP contribution is -2.05. The Morgan fingerprint density at radius 3 is 2.50 bits per heavy atom. The van der Waals surface area contributed by atoms with E-state index in [0.717, 1.165) is 0 Å². The summed E-state index contributed by atoms with van der Waals surface area (Å²) in [5.74, 6) is -1.35. The number of carbonyl (C=O) groups is 1. The minimum absolute atomic E-state index is 0.0423. The second-order valence-corrected chi connectivity index (χ2v) is 6.86. The fraction of sp³-hybridized carbons (Fsp3) is 0.200. The maximum atomic E-state index is 13.6. The monoisotopic (exact) mass is 372 g/mol. The number of rotatable bonds is 5. The highest BCUT2D eigenvalue weighted by Crippen LogP contribution is 2.31. The molecule has 2 aromatic carbocycles. The quantitative estimate of drug-likeness (QED) is 0.667. The fourth-order valence-electron chi connectivity index (χ4n) is 2.88. The molecular formula is C20H18ClFN2O2. The minimum atomic E-state index is -1.04. The van der Waals surface area contributed by atoms with Crippen LogP contribution < -0.4 is 0 Å². The van der Waals surface area contributed by atoms with E-state index in [9.17, 15) is 14.3 Å². The number of halogens is 2. The lowest BCUT2D eigenvalue weighted by Gasteiger charge is -2.09. The second-order valence-electron chi connectivity index (χ2n) is 6.45. The summed E-state index contributed by atoms with van der Waals surface area (Å²) in [6.07, 6.45) is 0.517. The minimum Gasteiger partial charge on any atom is -0.478 e. The van der Waals surface area contributed by atoms with E-state index in [1.807, 2.05) is 44.2 Å². The van der Waals surface area contributed by atoms with Crippen molar-refractivity contribution in [1.29, 1.82) is 0 Å². The Hall–Kier alpha value is -2.66. The molecular weight excluding hydrogens is 355 g/mol. The largest absolute Gasteiger partial charge is 0.478 e. The number of carboxylic acid groups (broad SMARTS) is 1.